The van der Waals surface area contributed by atoms with Crippen LogP contribution in [0.2, 0.25) is 0 Å². The van der Waals surface area contributed by atoms with Crippen LogP contribution in [-0.2, 0) is 10.2 Å². The van der Waals surface area contributed by atoms with Gasteiger partial charge in [0.25, 0.3) is 0 Å². The van der Waals surface area contributed by atoms with Crippen molar-refractivity contribution >= 4 is 38.5 Å². The molecule has 3 heterocycles. The molecule has 1 aromatic heterocycles. The van der Waals surface area contributed by atoms with Gasteiger partial charge in [0.2, 0.25) is 5.91 Å². The number of para-hydroxylation sites is 1. The summed E-state index contributed by atoms with van der Waals surface area (Å²) < 4.78 is 12.1. The second-order valence-electron chi connectivity index (χ2n) is 6.58. The summed E-state index contributed by atoms with van der Waals surface area (Å²) in [4.78, 5) is 26.3. The lowest BCUT2D eigenvalue weighted by Gasteiger charge is -2.34. The van der Waals surface area contributed by atoms with Gasteiger partial charge in [0.15, 0.2) is 11.6 Å². The molecule has 0 saturated carbocycles. The molecule has 2 aromatic carbocycles. The van der Waals surface area contributed by atoms with Crippen LogP contribution in [0.25, 0.3) is 11.0 Å². The van der Waals surface area contributed by atoms with Gasteiger partial charge in [-0.25, -0.2) is 4.79 Å². The highest BCUT2D eigenvalue weighted by Gasteiger charge is 2.56. The maximum absolute atomic E-state index is 13.3. The van der Waals surface area contributed by atoms with E-state index in [0.717, 1.165) is 4.47 Å². The highest BCUT2D eigenvalue weighted by molar-refractivity contribution is 9.10. The van der Waals surface area contributed by atoms with Crippen molar-refractivity contribution in [2.45, 2.75) is 12.3 Å². The summed E-state index contributed by atoms with van der Waals surface area (Å²) in [6, 6.07) is 12.4. The fraction of sp³-hybridized carbons (Fsp3) is 0.100. The molecule has 0 fully saturated rings. The number of hydrogen-bond acceptors (Lipinski definition) is 5. The molecule has 5 rings (SSSR count). The number of nitrogens with two attached hydrogens (primary N) is 1. The summed E-state index contributed by atoms with van der Waals surface area (Å²) in [6.45, 7) is 1.70. The van der Waals surface area contributed by atoms with Crippen molar-refractivity contribution in [3.63, 3.8) is 0 Å². The Labute approximate surface area is 161 Å². The van der Waals surface area contributed by atoms with Gasteiger partial charge in [-0.1, -0.05) is 28.1 Å². The maximum atomic E-state index is 13.3. The number of hydrogen-bond donors (Lipinski definition) is 2. The van der Waals surface area contributed by atoms with E-state index in [4.69, 9.17) is 14.9 Å². The van der Waals surface area contributed by atoms with Crippen LogP contribution < -0.4 is 21.4 Å². The topological polar surface area (TPSA) is 94.6 Å². The van der Waals surface area contributed by atoms with Crippen molar-refractivity contribution in [1.82, 2.24) is 0 Å². The van der Waals surface area contributed by atoms with Gasteiger partial charge in [-0.2, -0.15) is 0 Å². The Balaban J connectivity index is 2.00. The monoisotopic (exact) mass is 424 g/mol. The lowest BCUT2D eigenvalue weighted by atomic mass is 9.69. The van der Waals surface area contributed by atoms with Gasteiger partial charge < -0.3 is 20.2 Å². The lowest BCUT2D eigenvalue weighted by molar-refractivity contribution is -0.118. The fourth-order valence-electron chi connectivity index (χ4n) is 4.00. The first-order valence-corrected chi connectivity index (χ1v) is 9.06. The Morgan fingerprint density at radius 3 is 2.74 bits per heavy atom. The van der Waals surface area contributed by atoms with Crippen molar-refractivity contribution in [2.24, 2.45) is 5.73 Å². The number of benzene rings is 2. The first kappa shape index (κ1) is 16.1. The zero-order chi connectivity index (χ0) is 18.9. The summed E-state index contributed by atoms with van der Waals surface area (Å²) in [5.74, 6) is -0.00247. The van der Waals surface area contributed by atoms with Crippen molar-refractivity contribution in [2.75, 3.05) is 5.32 Å². The minimum atomic E-state index is -1.40. The van der Waals surface area contributed by atoms with E-state index in [1.807, 2.05) is 12.1 Å². The van der Waals surface area contributed by atoms with Gasteiger partial charge in [-0.15, -0.1) is 0 Å². The molecule has 0 aliphatic carbocycles. The van der Waals surface area contributed by atoms with Crippen LogP contribution in [-0.4, -0.2) is 5.91 Å². The molecule has 1 amide bonds. The average Bonchev–Trinajstić information content (AvgIpc) is 2.92. The average molecular weight is 425 g/mol. The normalized spacial score (nSPS) is 20.4. The number of fused-ring (bicyclic) bond motifs is 6. The molecule has 134 valence electrons. The van der Waals surface area contributed by atoms with Crippen molar-refractivity contribution in [1.29, 1.82) is 0 Å². The number of amides is 1. The van der Waals surface area contributed by atoms with E-state index in [1.165, 1.54) is 0 Å². The van der Waals surface area contributed by atoms with Crippen LogP contribution in [0.4, 0.5) is 5.69 Å². The number of ether oxygens (including phenoxy) is 1. The van der Waals surface area contributed by atoms with Crippen molar-refractivity contribution < 1.29 is 13.9 Å². The smallest absolute Gasteiger partial charge is 0.345 e. The van der Waals surface area contributed by atoms with Crippen LogP contribution in [0, 0.1) is 0 Å². The molecule has 1 atom stereocenters. The highest BCUT2D eigenvalue weighted by Crippen LogP contribution is 2.53. The SMILES string of the molecule is CC1=C(N)Oc2c(c(=O)oc3ccccc23)C12C(=O)Nc1ccc(Br)cc12. The van der Waals surface area contributed by atoms with E-state index in [-0.39, 0.29) is 23.1 Å². The number of nitrogens with one attached hydrogen (secondary N) is 1. The van der Waals surface area contributed by atoms with E-state index >= 15 is 0 Å². The van der Waals surface area contributed by atoms with Crippen LogP contribution in [0.15, 0.2) is 67.6 Å². The minimum absolute atomic E-state index is 0.0984. The zero-order valence-electron chi connectivity index (χ0n) is 14.1. The molecular formula is C20H13BrN2O4. The molecule has 0 bridgehead atoms. The third-order valence-corrected chi connectivity index (χ3v) is 5.75. The van der Waals surface area contributed by atoms with Crippen LogP contribution in [0.5, 0.6) is 5.75 Å². The quantitative estimate of drug-likeness (QED) is 0.539. The maximum Gasteiger partial charge on any atom is 0.345 e. The molecule has 2 aliphatic rings. The molecule has 6 nitrogen and oxygen atoms in total. The molecule has 0 saturated heterocycles. The predicted octanol–water partition coefficient (Wildman–Crippen LogP) is 3.38. The summed E-state index contributed by atoms with van der Waals surface area (Å²) in [5.41, 5.74) is 6.37. The molecule has 0 radical (unpaired) electrons. The number of halogens is 1. The molecule has 1 unspecified atom stereocenters. The van der Waals surface area contributed by atoms with Crippen LogP contribution in [0.1, 0.15) is 18.1 Å². The zero-order valence-corrected chi connectivity index (χ0v) is 15.7. The van der Waals surface area contributed by atoms with E-state index in [2.05, 4.69) is 21.2 Å². The van der Waals surface area contributed by atoms with Gasteiger partial charge in [0.1, 0.15) is 16.6 Å². The van der Waals surface area contributed by atoms with Gasteiger partial charge in [0, 0.05) is 21.3 Å². The Bertz CT molecular complexity index is 1260. The first-order chi connectivity index (χ1) is 12.9. The van der Waals surface area contributed by atoms with E-state index < -0.39 is 11.0 Å². The number of anilines is 1. The second kappa shape index (κ2) is 5.23. The molecular weight excluding hydrogens is 412 g/mol. The number of rotatable bonds is 0. The Hall–Kier alpha value is -3.06. The summed E-state index contributed by atoms with van der Waals surface area (Å²) in [5, 5.41) is 3.45. The first-order valence-electron chi connectivity index (χ1n) is 8.27. The molecule has 1 spiro atoms. The van der Waals surface area contributed by atoms with Crippen molar-refractivity contribution in [3.8, 4) is 5.75 Å². The Kier molecular flexibility index (Phi) is 3.13. The molecule has 27 heavy (non-hydrogen) atoms. The fourth-order valence-corrected chi connectivity index (χ4v) is 4.37. The summed E-state index contributed by atoms with van der Waals surface area (Å²) in [6.07, 6.45) is 0. The predicted molar refractivity (Wildman–Crippen MR) is 104 cm³/mol. The number of carbonyl (C=O) groups excluding carboxylic acids is 1. The van der Waals surface area contributed by atoms with E-state index in [9.17, 15) is 9.59 Å². The largest absolute Gasteiger partial charge is 0.440 e. The van der Waals surface area contributed by atoms with Gasteiger partial charge in [-0.05, 0) is 37.3 Å². The van der Waals surface area contributed by atoms with Crippen LogP contribution >= 0.6 is 15.9 Å². The standard InChI is InChI=1S/C20H13BrN2O4/c1-9-17(22)27-16-11-4-2-3-5-14(11)26-18(24)15(16)20(9)12-8-10(21)6-7-13(12)23-19(20)25/h2-8H,22H2,1H3,(H,23,25). The lowest BCUT2D eigenvalue weighted by Crippen LogP contribution is -2.45. The molecule has 3 aromatic rings. The third kappa shape index (κ3) is 1.89. The second-order valence-corrected chi connectivity index (χ2v) is 7.49. The Morgan fingerprint density at radius 1 is 1.15 bits per heavy atom. The summed E-state index contributed by atoms with van der Waals surface area (Å²) in [7, 11) is 0. The Morgan fingerprint density at radius 2 is 1.93 bits per heavy atom. The molecule has 2 aliphatic heterocycles. The van der Waals surface area contributed by atoms with Gasteiger partial charge in [0.05, 0.1) is 5.39 Å². The molecule has 3 N–H and O–H groups in total. The van der Waals surface area contributed by atoms with Crippen molar-refractivity contribution in [3.05, 3.63) is 79.9 Å². The van der Waals surface area contributed by atoms with Gasteiger partial charge in [-0.3, -0.25) is 4.79 Å². The summed E-state index contributed by atoms with van der Waals surface area (Å²) >= 11 is 3.45. The van der Waals surface area contributed by atoms with Crippen LogP contribution in [0.3, 0.4) is 0 Å². The van der Waals surface area contributed by atoms with E-state index in [0.29, 0.717) is 27.8 Å². The third-order valence-electron chi connectivity index (χ3n) is 5.26. The van der Waals surface area contributed by atoms with Gasteiger partial charge >= 0.3 is 5.63 Å². The molecule has 7 heteroatoms. The highest BCUT2D eigenvalue weighted by atomic mass is 79.9. The number of carbonyl (C=O) groups is 1. The van der Waals surface area contributed by atoms with E-state index in [1.54, 1.807) is 37.3 Å². The minimum Gasteiger partial charge on any atom is -0.440 e.